The van der Waals surface area contributed by atoms with Crippen molar-refractivity contribution in [2.24, 2.45) is 0 Å². The van der Waals surface area contributed by atoms with Crippen molar-refractivity contribution in [2.45, 2.75) is 19.6 Å². The van der Waals surface area contributed by atoms with Gasteiger partial charge in [0.2, 0.25) is 0 Å². The normalized spacial score (nSPS) is 12.3. The minimum Gasteiger partial charge on any atom is -0.476 e. The molecule has 0 aliphatic rings. The molecule has 2 aromatic rings. The van der Waals surface area contributed by atoms with Gasteiger partial charge in [0.05, 0.1) is 18.3 Å². The van der Waals surface area contributed by atoms with E-state index >= 15 is 0 Å². The topological polar surface area (TPSA) is 101 Å². The fourth-order valence-corrected chi connectivity index (χ4v) is 1.59. The van der Waals surface area contributed by atoms with E-state index in [0.29, 0.717) is 11.4 Å². The van der Waals surface area contributed by atoms with Gasteiger partial charge in [-0.25, -0.2) is 9.48 Å². The fraction of sp³-hybridized carbons (Fsp3) is 0.273. The summed E-state index contributed by atoms with van der Waals surface area (Å²) in [5.41, 5.74) is 0.582. The fourth-order valence-electron chi connectivity index (χ4n) is 1.59. The highest BCUT2D eigenvalue weighted by Gasteiger charge is 2.21. The molecule has 0 amide bonds. The highest BCUT2D eigenvalue weighted by Crippen LogP contribution is 2.20. The molecule has 94 valence electrons. The summed E-state index contributed by atoms with van der Waals surface area (Å²) in [7, 11) is 0. The average molecular weight is 248 g/mol. The molecule has 0 radical (unpaired) electrons. The van der Waals surface area contributed by atoms with E-state index in [0.717, 1.165) is 0 Å². The van der Waals surface area contributed by atoms with Gasteiger partial charge in [-0.3, -0.25) is 4.98 Å². The standard InChI is InChI=1S/C11H12N4O3/c1-7(16)6-15-10(8-4-2-3-5-12-8)9(11(17)18)13-14-15/h2-5,7,16H,6H2,1H3,(H,17,18). The Morgan fingerprint density at radius 2 is 2.28 bits per heavy atom. The second-order valence-electron chi connectivity index (χ2n) is 3.84. The lowest BCUT2D eigenvalue weighted by molar-refractivity contribution is 0.0691. The van der Waals surface area contributed by atoms with Crippen LogP contribution in [0.4, 0.5) is 0 Å². The van der Waals surface area contributed by atoms with Gasteiger partial charge in [0, 0.05) is 6.20 Å². The molecule has 1 atom stereocenters. The van der Waals surface area contributed by atoms with Gasteiger partial charge in [-0.2, -0.15) is 0 Å². The third-order valence-electron chi connectivity index (χ3n) is 2.28. The van der Waals surface area contributed by atoms with E-state index in [1.807, 2.05) is 0 Å². The molecule has 0 saturated heterocycles. The Labute approximate surface area is 103 Å². The lowest BCUT2D eigenvalue weighted by Gasteiger charge is -2.08. The maximum absolute atomic E-state index is 11.1. The number of aromatic carboxylic acids is 1. The highest BCUT2D eigenvalue weighted by atomic mass is 16.4. The smallest absolute Gasteiger partial charge is 0.358 e. The SMILES string of the molecule is CC(O)Cn1nnc(C(=O)O)c1-c1ccccn1. The minimum atomic E-state index is -1.17. The molecule has 18 heavy (non-hydrogen) atoms. The monoisotopic (exact) mass is 248 g/mol. The van der Waals surface area contributed by atoms with Crippen molar-refractivity contribution in [1.29, 1.82) is 0 Å². The summed E-state index contributed by atoms with van der Waals surface area (Å²) in [6, 6.07) is 5.14. The number of carbonyl (C=O) groups is 1. The molecule has 0 aromatic carbocycles. The summed E-state index contributed by atoms with van der Waals surface area (Å²) in [6.07, 6.45) is 0.900. The molecule has 2 rings (SSSR count). The molecule has 7 heteroatoms. The maximum Gasteiger partial charge on any atom is 0.358 e. The van der Waals surface area contributed by atoms with Crippen molar-refractivity contribution in [3.05, 3.63) is 30.1 Å². The van der Waals surface area contributed by atoms with Gasteiger partial charge in [0.15, 0.2) is 5.69 Å². The third-order valence-corrected chi connectivity index (χ3v) is 2.28. The van der Waals surface area contributed by atoms with Crippen molar-refractivity contribution < 1.29 is 15.0 Å². The summed E-state index contributed by atoms with van der Waals surface area (Å²) in [5, 5.41) is 25.8. The predicted molar refractivity (Wildman–Crippen MR) is 61.9 cm³/mol. The van der Waals surface area contributed by atoms with Crippen LogP contribution < -0.4 is 0 Å². The Morgan fingerprint density at radius 3 is 2.83 bits per heavy atom. The second-order valence-corrected chi connectivity index (χ2v) is 3.84. The van der Waals surface area contributed by atoms with Gasteiger partial charge in [-0.15, -0.1) is 5.10 Å². The molecule has 0 spiro atoms. The molecule has 0 saturated carbocycles. The van der Waals surface area contributed by atoms with E-state index in [9.17, 15) is 9.90 Å². The minimum absolute atomic E-state index is 0.159. The van der Waals surface area contributed by atoms with Crippen LogP contribution in [0.3, 0.4) is 0 Å². The number of carboxylic acids is 1. The zero-order valence-electron chi connectivity index (χ0n) is 9.69. The van der Waals surface area contributed by atoms with Crippen LogP contribution in [-0.4, -0.2) is 42.3 Å². The molecule has 1 unspecified atom stereocenters. The number of aromatic nitrogens is 4. The molecule has 0 fully saturated rings. The number of pyridine rings is 1. The van der Waals surface area contributed by atoms with Gasteiger partial charge in [0.25, 0.3) is 0 Å². The number of carboxylic acid groups (broad SMARTS) is 1. The van der Waals surface area contributed by atoms with E-state index in [4.69, 9.17) is 5.11 Å². The Morgan fingerprint density at radius 1 is 1.50 bits per heavy atom. The highest BCUT2D eigenvalue weighted by molar-refractivity contribution is 5.92. The second kappa shape index (κ2) is 4.92. The predicted octanol–water partition coefficient (Wildman–Crippen LogP) is 0.419. The lowest BCUT2D eigenvalue weighted by atomic mass is 10.2. The van der Waals surface area contributed by atoms with Crippen LogP contribution in [0.1, 0.15) is 17.4 Å². The van der Waals surface area contributed by atoms with Gasteiger partial charge in [-0.1, -0.05) is 11.3 Å². The average Bonchev–Trinajstić information content (AvgIpc) is 2.73. The summed E-state index contributed by atoms with van der Waals surface area (Å²) in [4.78, 5) is 15.2. The molecule has 0 aliphatic carbocycles. The van der Waals surface area contributed by atoms with Gasteiger partial charge in [-0.05, 0) is 19.1 Å². The Balaban J connectivity index is 2.54. The van der Waals surface area contributed by atoms with E-state index < -0.39 is 12.1 Å². The van der Waals surface area contributed by atoms with Crippen molar-refractivity contribution in [2.75, 3.05) is 0 Å². The molecule has 0 aliphatic heterocycles. The van der Waals surface area contributed by atoms with E-state index in [1.54, 1.807) is 31.3 Å². The number of rotatable bonds is 4. The Kier molecular flexibility index (Phi) is 3.33. The van der Waals surface area contributed by atoms with Crippen LogP contribution in [0.25, 0.3) is 11.4 Å². The van der Waals surface area contributed by atoms with Crippen molar-refractivity contribution in [3.8, 4) is 11.4 Å². The largest absolute Gasteiger partial charge is 0.476 e. The summed E-state index contributed by atoms with van der Waals surface area (Å²) < 4.78 is 1.34. The first-order valence-corrected chi connectivity index (χ1v) is 5.36. The third kappa shape index (κ3) is 2.35. The van der Waals surface area contributed by atoms with Crippen molar-refractivity contribution in [3.63, 3.8) is 0 Å². The van der Waals surface area contributed by atoms with Gasteiger partial charge < -0.3 is 10.2 Å². The van der Waals surface area contributed by atoms with Crippen molar-refractivity contribution >= 4 is 5.97 Å². The number of hydrogen-bond acceptors (Lipinski definition) is 5. The molecule has 2 N–H and O–H groups in total. The van der Waals surface area contributed by atoms with Gasteiger partial charge in [0.1, 0.15) is 5.69 Å². The van der Waals surface area contributed by atoms with Crippen LogP contribution in [0.5, 0.6) is 0 Å². The van der Waals surface area contributed by atoms with Crippen LogP contribution in [-0.2, 0) is 6.54 Å². The van der Waals surface area contributed by atoms with Crippen LogP contribution in [0.15, 0.2) is 24.4 Å². The molecular weight excluding hydrogens is 236 g/mol. The number of hydrogen-bond donors (Lipinski definition) is 2. The molecule has 2 heterocycles. The number of aliphatic hydroxyl groups excluding tert-OH is 1. The number of aliphatic hydroxyl groups is 1. The lowest BCUT2D eigenvalue weighted by Crippen LogP contribution is -2.15. The molecule has 2 aromatic heterocycles. The summed E-state index contributed by atoms with van der Waals surface area (Å²) >= 11 is 0. The zero-order chi connectivity index (χ0) is 13.1. The van der Waals surface area contributed by atoms with E-state index in [1.165, 1.54) is 4.68 Å². The molecular formula is C11H12N4O3. The summed E-state index contributed by atoms with van der Waals surface area (Å²) in [6.45, 7) is 1.75. The zero-order valence-corrected chi connectivity index (χ0v) is 9.69. The van der Waals surface area contributed by atoms with Crippen molar-refractivity contribution in [1.82, 2.24) is 20.0 Å². The van der Waals surface area contributed by atoms with Gasteiger partial charge >= 0.3 is 5.97 Å². The molecule has 7 nitrogen and oxygen atoms in total. The van der Waals surface area contributed by atoms with E-state index in [2.05, 4.69) is 15.3 Å². The Hall–Kier alpha value is -2.28. The number of nitrogens with zero attached hydrogens (tertiary/aromatic N) is 4. The molecule has 0 bridgehead atoms. The quantitative estimate of drug-likeness (QED) is 0.813. The van der Waals surface area contributed by atoms with Crippen LogP contribution in [0, 0.1) is 0 Å². The Bertz CT molecular complexity index is 551. The van der Waals surface area contributed by atoms with Crippen LogP contribution in [0.2, 0.25) is 0 Å². The first kappa shape index (κ1) is 12.2. The van der Waals surface area contributed by atoms with E-state index in [-0.39, 0.29) is 12.2 Å². The first-order chi connectivity index (χ1) is 8.59. The van der Waals surface area contributed by atoms with Crippen LogP contribution >= 0.6 is 0 Å². The first-order valence-electron chi connectivity index (χ1n) is 5.36. The summed E-state index contributed by atoms with van der Waals surface area (Å²) in [5.74, 6) is -1.17. The maximum atomic E-state index is 11.1.